The van der Waals surface area contributed by atoms with Crippen molar-refractivity contribution in [1.82, 2.24) is 40.4 Å². The number of para-hydroxylation sites is 1. The fourth-order valence-electron chi connectivity index (χ4n) is 13.8. The number of aliphatic hydroxyl groups excluding tert-OH is 1. The van der Waals surface area contributed by atoms with Crippen LogP contribution in [-0.4, -0.2) is 166 Å². The third-order valence-corrected chi connectivity index (χ3v) is 19.4. The number of hydrogen-bond donors (Lipinski definition) is 4. The summed E-state index contributed by atoms with van der Waals surface area (Å²) in [4.78, 5) is 50.1. The van der Waals surface area contributed by atoms with Crippen molar-refractivity contribution >= 4 is 46.2 Å². The van der Waals surface area contributed by atoms with Crippen molar-refractivity contribution < 1.29 is 38.5 Å². The van der Waals surface area contributed by atoms with E-state index >= 15 is 0 Å². The van der Waals surface area contributed by atoms with Gasteiger partial charge in [-0.15, -0.1) is 21.5 Å². The number of aryl methyl sites for hydroxylation is 1. The normalized spacial score (nSPS) is 23.9. The highest BCUT2D eigenvalue weighted by Crippen LogP contribution is 2.41. The van der Waals surface area contributed by atoms with Crippen LogP contribution >= 0.6 is 11.3 Å². The highest BCUT2D eigenvalue weighted by Gasteiger charge is 2.45. The average molecular weight is 1170 g/mol. The first-order chi connectivity index (χ1) is 40.8. The van der Waals surface area contributed by atoms with Gasteiger partial charge in [-0.3, -0.25) is 9.59 Å². The van der Waals surface area contributed by atoms with Gasteiger partial charge in [0.15, 0.2) is 17.4 Å². The monoisotopic (exact) mass is 1160 g/mol. The summed E-state index contributed by atoms with van der Waals surface area (Å²) in [5, 5.41) is 37.7. The number of rotatable bonds is 20. The minimum absolute atomic E-state index is 0.0650. The Morgan fingerprint density at radius 2 is 1.62 bits per heavy atom. The number of benzene rings is 2. The number of nitrogens with zero attached hydrogens (tertiary/aromatic N) is 10. The van der Waals surface area contributed by atoms with E-state index < -0.39 is 18.1 Å². The van der Waals surface area contributed by atoms with Crippen LogP contribution < -0.4 is 30.5 Å². The molecule has 446 valence electrons. The number of methoxy groups -OCH3 is 1. The van der Waals surface area contributed by atoms with Gasteiger partial charge in [-0.2, -0.15) is 0 Å². The topological polar surface area (TPSA) is 234 Å². The molecular weight excluding hydrogens is 1080 g/mol. The molecule has 5 aliphatic heterocycles. The molecule has 84 heavy (non-hydrogen) atoms. The largest absolute Gasteiger partial charge is 0.507 e. The van der Waals surface area contributed by atoms with E-state index in [2.05, 4.69) is 62.4 Å². The molecule has 9 heterocycles. The van der Waals surface area contributed by atoms with E-state index in [4.69, 9.17) is 24.5 Å². The summed E-state index contributed by atoms with van der Waals surface area (Å²) in [6, 6.07) is 22.7. The third kappa shape index (κ3) is 12.6. The molecule has 12 rings (SSSR count). The summed E-state index contributed by atoms with van der Waals surface area (Å²) in [6.07, 6.45) is 10.3. The number of phenolic OH excluding ortho intramolecular Hbond substituents is 1. The molecule has 1 aliphatic carbocycles. The van der Waals surface area contributed by atoms with Crippen LogP contribution in [0.3, 0.4) is 0 Å². The number of aliphatic hydroxyl groups is 1. The Labute approximate surface area is 495 Å². The number of carbonyl (C=O) groups is 2. The number of anilines is 4. The molecule has 4 aromatic heterocycles. The molecule has 0 spiro atoms. The molecule has 5 saturated heterocycles. The second-order valence-corrected chi connectivity index (χ2v) is 25.3. The number of piperidine rings is 2. The van der Waals surface area contributed by atoms with E-state index in [1.165, 1.54) is 0 Å². The first-order valence-electron chi connectivity index (χ1n) is 30.3. The first-order valence-corrected chi connectivity index (χ1v) is 31.2. The van der Waals surface area contributed by atoms with E-state index in [0.717, 1.165) is 136 Å². The lowest BCUT2D eigenvalue weighted by Gasteiger charge is -2.43. The van der Waals surface area contributed by atoms with Gasteiger partial charge >= 0.3 is 0 Å². The Morgan fingerprint density at radius 3 is 2.33 bits per heavy atom. The standard InChI is InChI=1S/C63H80N12O8S/c1-38(2)59(63(79)74-36-46(76)28-54(74)62(78)67-51(20-26-80-4)41-9-11-42(12-10-41)60-39(3)66-37-84-60)56-32-57(70-83-56)72-24-16-40(17-25-72)33-71-22-18-47(19-23-71)81-48-29-49(30-48)82-58-27-43(15-21-65-58)75-44-13-14-45(75)35-73(34-44)53-31-52(68-69-61(53)64)50-7-5-6-8-55(50)77/h5-12,15,21,27,31-32,37-38,40,44-49,51,54,59,76-77H,13-14,16-20,22-26,28-30,33-36H2,1-4H3,(H2,64,69)(H,67,78)/t44?,45?,46-,48?,49?,51+,54+,59-/m1/s1. The van der Waals surface area contributed by atoms with E-state index in [9.17, 15) is 19.8 Å². The number of piperazine rings is 1. The van der Waals surface area contributed by atoms with Gasteiger partial charge < -0.3 is 64.5 Å². The van der Waals surface area contributed by atoms with E-state index in [1.807, 2.05) is 81.0 Å². The van der Waals surface area contributed by atoms with Crippen LogP contribution in [0.2, 0.25) is 0 Å². The maximum Gasteiger partial charge on any atom is 0.243 e. The van der Waals surface area contributed by atoms with Crippen molar-refractivity contribution in [3.8, 4) is 33.3 Å². The smallest absolute Gasteiger partial charge is 0.243 e. The molecule has 21 heteroatoms. The SMILES string of the molecule is COCC[C@H](NC(=O)[C@@H]1C[C@@H](O)CN1C(=O)[C@@H](c1cc(N2CCC(CN3CCC(OC4CC(Oc5cc(N6C7CCC6CN(c6cc(-c8ccccc8O)nnc6N)C7)ccn5)C4)CC3)CC2)no1)C(C)C)c1ccc(-c2scnc2C)cc1. The van der Waals surface area contributed by atoms with Crippen molar-refractivity contribution in [3.05, 3.63) is 102 Å². The average Bonchev–Trinajstić information content (AvgIpc) is 4.42. The van der Waals surface area contributed by atoms with Crippen LogP contribution in [0, 0.1) is 18.8 Å². The lowest BCUT2D eigenvalue weighted by molar-refractivity contribution is -0.141. The van der Waals surface area contributed by atoms with Crippen molar-refractivity contribution in [2.75, 3.05) is 86.5 Å². The van der Waals surface area contributed by atoms with Crippen LogP contribution in [0.5, 0.6) is 11.6 Å². The zero-order valence-corrected chi connectivity index (χ0v) is 49.5. The molecular formula is C63H80N12O8S. The van der Waals surface area contributed by atoms with Gasteiger partial charge in [0.05, 0.1) is 51.8 Å². The van der Waals surface area contributed by atoms with Gasteiger partial charge in [0.25, 0.3) is 0 Å². The predicted molar refractivity (Wildman–Crippen MR) is 322 cm³/mol. The Kier molecular flexibility index (Phi) is 17.4. The quantitative estimate of drug-likeness (QED) is 0.0567. The molecule has 2 bridgehead atoms. The summed E-state index contributed by atoms with van der Waals surface area (Å²) >= 11 is 1.59. The number of pyridine rings is 1. The van der Waals surface area contributed by atoms with Crippen molar-refractivity contribution in [3.63, 3.8) is 0 Å². The summed E-state index contributed by atoms with van der Waals surface area (Å²) in [6.45, 7) is 12.9. The minimum atomic E-state index is -0.840. The van der Waals surface area contributed by atoms with Gasteiger partial charge in [-0.1, -0.05) is 55.4 Å². The Balaban J connectivity index is 0.571. The minimum Gasteiger partial charge on any atom is -0.507 e. The summed E-state index contributed by atoms with van der Waals surface area (Å²) in [5.41, 5.74) is 14.4. The van der Waals surface area contributed by atoms with Crippen LogP contribution in [0.15, 0.2) is 89.0 Å². The highest BCUT2D eigenvalue weighted by atomic mass is 32.1. The number of amides is 2. The number of aromatic nitrogens is 5. The van der Waals surface area contributed by atoms with Crippen LogP contribution in [0.25, 0.3) is 21.7 Å². The molecule has 6 aliphatic rings. The van der Waals surface area contributed by atoms with E-state index in [1.54, 1.807) is 35.5 Å². The number of phenols is 1. The van der Waals surface area contributed by atoms with Crippen LogP contribution in [0.4, 0.5) is 23.0 Å². The number of thiazole rings is 1. The molecule has 2 unspecified atom stereocenters. The number of fused-ring (bicyclic) bond motifs is 2. The molecule has 5 N–H and O–H groups in total. The molecule has 20 nitrogen and oxygen atoms in total. The molecule has 1 saturated carbocycles. The Morgan fingerprint density at radius 1 is 0.857 bits per heavy atom. The molecule has 2 amide bonds. The first kappa shape index (κ1) is 57.5. The number of ether oxygens (including phenoxy) is 3. The van der Waals surface area contributed by atoms with Gasteiger partial charge in [0.1, 0.15) is 23.8 Å². The maximum atomic E-state index is 14.6. The fourth-order valence-corrected chi connectivity index (χ4v) is 14.6. The zero-order chi connectivity index (χ0) is 58.0. The number of aromatic hydroxyl groups is 1. The Hall–Kier alpha value is -6.91. The number of nitrogens with two attached hydrogens (primary N) is 1. The van der Waals surface area contributed by atoms with E-state index in [0.29, 0.717) is 59.7 Å². The van der Waals surface area contributed by atoms with E-state index in [-0.39, 0.29) is 60.8 Å². The van der Waals surface area contributed by atoms with Crippen molar-refractivity contribution in [2.24, 2.45) is 11.8 Å². The summed E-state index contributed by atoms with van der Waals surface area (Å²) in [5.74, 6) is 1.62. The lowest BCUT2D eigenvalue weighted by Crippen LogP contribution is -2.54. The third-order valence-electron chi connectivity index (χ3n) is 18.4. The van der Waals surface area contributed by atoms with Gasteiger partial charge in [0, 0.05) is 127 Å². The fraction of sp³-hybridized carbons (Fsp3) is 0.540. The molecule has 6 aromatic rings. The summed E-state index contributed by atoms with van der Waals surface area (Å²) < 4.78 is 24.5. The molecule has 6 atom stereocenters. The van der Waals surface area contributed by atoms with Gasteiger partial charge in [-0.05, 0) is 99.1 Å². The van der Waals surface area contributed by atoms with Crippen molar-refractivity contribution in [2.45, 2.75) is 139 Å². The van der Waals surface area contributed by atoms with Crippen molar-refractivity contribution in [1.29, 1.82) is 0 Å². The number of likely N-dealkylation sites (tertiary alicyclic amines) is 2. The van der Waals surface area contributed by atoms with Gasteiger partial charge in [-0.25, -0.2) is 9.97 Å². The maximum absolute atomic E-state index is 14.6. The second kappa shape index (κ2) is 25.4. The van der Waals surface area contributed by atoms with Crippen LogP contribution in [-0.2, 0) is 19.1 Å². The second-order valence-electron chi connectivity index (χ2n) is 24.4. The number of β-amino-alcohol motifs (C(OH)–C–C–N with tert-alkyl or cyclic N) is 1. The number of nitrogens with one attached hydrogen (secondary N) is 1. The number of nitrogen functional groups attached to an aromatic ring is 1. The summed E-state index contributed by atoms with van der Waals surface area (Å²) in [7, 11) is 1.64. The lowest BCUT2D eigenvalue weighted by atomic mass is 9.91. The predicted octanol–water partition coefficient (Wildman–Crippen LogP) is 8.01. The molecule has 6 fully saturated rings. The number of hydrogen-bond acceptors (Lipinski definition) is 19. The number of carbonyl (C=O) groups excluding carboxylic acids is 2. The van der Waals surface area contributed by atoms with Gasteiger partial charge in [0.2, 0.25) is 17.7 Å². The Bertz CT molecular complexity index is 3200. The highest BCUT2D eigenvalue weighted by molar-refractivity contribution is 7.13. The zero-order valence-electron chi connectivity index (χ0n) is 48.7. The molecule has 2 aromatic carbocycles. The molecule has 0 radical (unpaired) electrons. The van der Waals surface area contributed by atoms with Crippen LogP contribution in [0.1, 0.15) is 107 Å².